The average molecular weight is 399 g/mol. The summed E-state index contributed by atoms with van der Waals surface area (Å²) in [6, 6.07) is 4.61. The third-order valence-corrected chi connectivity index (χ3v) is 7.37. The minimum atomic E-state index is -3.78. The van der Waals surface area contributed by atoms with Crippen molar-refractivity contribution in [2.24, 2.45) is 5.92 Å². The van der Waals surface area contributed by atoms with Crippen molar-refractivity contribution >= 4 is 27.4 Å². The Morgan fingerprint density at radius 2 is 2.12 bits per heavy atom. The highest BCUT2D eigenvalue weighted by Gasteiger charge is 2.45. The van der Waals surface area contributed by atoms with Gasteiger partial charge in [-0.3, -0.25) is 4.79 Å². The van der Waals surface area contributed by atoms with Gasteiger partial charge >= 0.3 is 5.97 Å². The van der Waals surface area contributed by atoms with E-state index in [1.165, 1.54) is 19.2 Å². The van der Waals surface area contributed by atoms with Gasteiger partial charge in [-0.05, 0) is 43.5 Å². The van der Waals surface area contributed by atoms with Crippen LogP contribution >= 0.6 is 11.6 Å². The summed E-state index contributed by atoms with van der Waals surface area (Å²) < 4.78 is 32.7. The number of ether oxygens (including phenoxy) is 1. The Morgan fingerprint density at radius 3 is 2.62 bits per heavy atom. The highest BCUT2D eigenvalue weighted by atomic mass is 35.5. The normalized spacial score (nSPS) is 23.3. The zero-order chi connectivity index (χ0) is 19.1. The van der Waals surface area contributed by atoms with Crippen LogP contribution in [-0.2, 0) is 19.4 Å². The Labute approximate surface area is 156 Å². The van der Waals surface area contributed by atoms with E-state index < -0.39 is 33.1 Å². The monoisotopic (exact) mass is 398 g/mol. The summed E-state index contributed by atoms with van der Waals surface area (Å²) in [5, 5.41) is 12.7. The lowest BCUT2D eigenvalue weighted by molar-refractivity contribution is -0.145. The number of aliphatic carboxylic acids is 1. The molecular formula is C17H19ClN2O5S. The van der Waals surface area contributed by atoms with E-state index in [2.05, 4.69) is 5.10 Å². The minimum absolute atomic E-state index is 0.00214. The molecule has 1 aliphatic rings. The van der Waals surface area contributed by atoms with E-state index in [1.54, 1.807) is 23.1 Å². The molecule has 0 radical (unpaired) electrons. The molecule has 2 aromatic rings. The van der Waals surface area contributed by atoms with Gasteiger partial charge in [-0.1, -0.05) is 11.6 Å². The minimum Gasteiger partial charge on any atom is -0.481 e. The molecule has 1 fully saturated rings. The van der Waals surface area contributed by atoms with Gasteiger partial charge < -0.3 is 9.84 Å². The molecular weight excluding hydrogens is 380 g/mol. The third-order valence-electron chi connectivity index (χ3n) is 4.72. The van der Waals surface area contributed by atoms with Crippen LogP contribution in [0.2, 0.25) is 5.02 Å². The number of benzene rings is 1. The third kappa shape index (κ3) is 3.36. The number of rotatable bonds is 5. The van der Waals surface area contributed by atoms with Gasteiger partial charge in [-0.25, -0.2) is 13.1 Å². The Hall–Kier alpha value is -1.90. The van der Waals surface area contributed by atoms with E-state index in [0.717, 1.165) is 5.56 Å². The van der Waals surface area contributed by atoms with Crippen LogP contribution in [0.15, 0.2) is 35.5 Å². The first-order chi connectivity index (χ1) is 12.2. The summed E-state index contributed by atoms with van der Waals surface area (Å²) >= 11 is 6.25. The van der Waals surface area contributed by atoms with E-state index in [0.29, 0.717) is 5.69 Å². The lowest BCUT2D eigenvalue weighted by atomic mass is 10.1. The van der Waals surface area contributed by atoms with Crippen LogP contribution in [0, 0.1) is 12.8 Å². The maximum atomic E-state index is 13.0. The molecule has 0 bridgehead atoms. The van der Waals surface area contributed by atoms with Gasteiger partial charge in [-0.2, -0.15) is 5.10 Å². The van der Waals surface area contributed by atoms with Gasteiger partial charge in [0.1, 0.15) is 0 Å². The van der Waals surface area contributed by atoms with Crippen molar-refractivity contribution in [3.63, 3.8) is 0 Å². The number of carboxylic acids is 1. The van der Waals surface area contributed by atoms with Gasteiger partial charge in [0.15, 0.2) is 9.84 Å². The number of sulfone groups is 1. The topological polar surface area (TPSA) is 98.5 Å². The highest BCUT2D eigenvalue weighted by molar-refractivity contribution is 7.92. The zero-order valence-electron chi connectivity index (χ0n) is 14.3. The molecule has 3 rings (SSSR count). The van der Waals surface area contributed by atoms with Crippen molar-refractivity contribution < 1.29 is 23.1 Å². The van der Waals surface area contributed by atoms with Crippen LogP contribution < -0.4 is 0 Å². The lowest BCUT2D eigenvalue weighted by Crippen LogP contribution is -2.24. The van der Waals surface area contributed by atoms with E-state index in [4.69, 9.17) is 16.3 Å². The second-order valence-corrected chi connectivity index (χ2v) is 9.04. The summed E-state index contributed by atoms with van der Waals surface area (Å²) in [4.78, 5) is 11.3. The molecule has 0 spiro atoms. The number of carboxylic acid groups (broad SMARTS) is 1. The molecule has 0 aliphatic heterocycles. The molecule has 0 amide bonds. The second kappa shape index (κ2) is 7.02. The first-order valence-corrected chi connectivity index (χ1v) is 9.97. The largest absolute Gasteiger partial charge is 0.481 e. The predicted octanol–water partition coefficient (Wildman–Crippen LogP) is 2.49. The van der Waals surface area contributed by atoms with Gasteiger partial charge in [0.05, 0.1) is 39.1 Å². The van der Waals surface area contributed by atoms with Crippen molar-refractivity contribution in [1.82, 2.24) is 9.78 Å². The molecule has 3 atom stereocenters. The summed E-state index contributed by atoms with van der Waals surface area (Å²) in [5.41, 5.74) is 1.61. The first kappa shape index (κ1) is 18.9. The SMILES string of the molecule is CO[C@@H]1C[C@H](S(=O)(=O)c2ccc(-n3cc(C)cn3)cc2Cl)C[C@H]1C(=O)O. The molecule has 7 nitrogen and oxygen atoms in total. The summed E-state index contributed by atoms with van der Waals surface area (Å²) in [6.07, 6.45) is 3.00. The van der Waals surface area contributed by atoms with E-state index in [9.17, 15) is 18.3 Å². The number of hydrogen-bond donors (Lipinski definition) is 1. The van der Waals surface area contributed by atoms with E-state index in [1.807, 2.05) is 6.92 Å². The molecule has 0 saturated heterocycles. The molecule has 0 unspecified atom stereocenters. The molecule has 1 saturated carbocycles. The summed E-state index contributed by atoms with van der Waals surface area (Å²) in [5.74, 6) is -1.89. The second-order valence-electron chi connectivity index (χ2n) is 6.43. The summed E-state index contributed by atoms with van der Waals surface area (Å²) in [6.45, 7) is 1.90. The van der Waals surface area contributed by atoms with E-state index >= 15 is 0 Å². The van der Waals surface area contributed by atoms with Crippen LogP contribution in [0.3, 0.4) is 0 Å². The van der Waals surface area contributed by atoms with Gasteiger partial charge in [0.2, 0.25) is 0 Å². The molecule has 1 heterocycles. The number of aromatic nitrogens is 2. The standard InChI is InChI=1S/C17H19ClN2O5S/c1-10-8-19-20(9-10)11-3-4-16(14(18)5-11)26(23,24)12-6-13(17(21)22)15(7-12)25-2/h3-5,8-9,12-13,15H,6-7H2,1-2H3,(H,21,22)/t12-,13-,15-/m1/s1. The number of methoxy groups -OCH3 is 1. The van der Waals surface area contributed by atoms with Gasteiger partial charge in [0.25, 0.3) is 0 Å². The fourth-order valence-corrected chi connectivity index (χ4v) is 5.67. The van der Waals surface area contributed by atoms with Crippen LogP contribution in [0.4, 0.5) is 0 Å². The molecule has 140 valence electrons. The molecule has 1 aliphatic carbocycles. The number of nitrogens with zero attached hydrogens (tertiary/aromatic N) is 2. The van der Waals surface area contributed by atoms with Crippen LogP contribution in [0.5, 0.6) is 0 Å². The van der Waals surface area contributed by atoms with Crippen LogP contribution in [0.25, 0.3) is 5.69 Å². The number of carbonyl (C=O) groups is 1. The van der Waals surface area contributed by atoms with Crippen LogP contribution in [-0.4, -0.2) is 47.7 Å². The van der Waals surface area contributed by atoms with Crippen molar-refractivity contribution in [2.75, 3.05) is 7.11 Å². The Balaban J connectivity index is 1.91. The first-order valence-electron chi connectivity index (χ1n) is 8.04. The van der Waals surface area contributed by atoms with Crippen molar-refractivity contribution in [3.8, 4) is 5.69 Å². The Morgan fingerprint density at radius 1 is 1.38 bits per heavy atom. The van der Waals surface area contributed by atoms with E-state index in [-0.39, 0.29) is 22.8 Å². The van der Waals surface area contributed by atoms with Crippen molar-refractivity contribution in [3.05, 3.63) is 41.2 Å². The molecule has 1 aromatic carbocycles. The Bertz CT molecular complexity index is 940. The number of hydrogen-bond acceptors (Lipinski definition) is 5. The van der Waals surface area contributed by atoms with Gasteiger partial charge in [0, 0.05) is 13.3 Å². The Kier molecular flexibility index (Phi) is 5.09. The summed E-state index contributed by atoms with van der Waals surface area (Å²) in [7, 11) is -2.39. The average Bonchev–Trinajstić information content (AvgIpc) is 3.21. The maximum Gasteiger partial charge on any atom is 0.309 e. The van der Waals surface area contributed by atoms with Crippen molar-refractivity contribution in [2.45, 2.75) is 36.0 Å². The van der Waals surface area contributed by atoms with Gasteiger partial charge in [-0.15, -0.1) is 0 Å². The smallest absolute Gasteiger partial charge is 0.309 e. The zero-order valence-corrected chi connectivity index (χ0v) is 15.9. The fraction of sp³-hybridized carbons (Fsp3) is 0.412. The molecule has 1 N–H and O–H groups in total. The predicted molar refractivity (Wildman–Crippen MR) is 95.4 cm³/mol. The quantitative estimate of drug-likeness (QED) is 0.830. The fourth-order valence-electron chi connectivity index (χ4n) is 3.32. The highest BCUT2D eigenvalue weighted by Crippen LogP contribution is 2.38. The van der Waals surface area contributed by atoms with Crippen molar-refractivity contribution in [1.29, 1.82) is 0 Å². The van der Waals surface area contributed by atoms with Crippen LogP contribution in [0.1, 0.15) is 18.4 Å². The number of aryl methyl sites for hydroxylation is 1. The molecule has 26 heavy (non-hydrogen) atoms. The maximum absolute atomic E-state index is 13.0. The lowest BCUT2D eigenvalue weighted by Gasteiger charge is -2.14. The number of halogens is 1. The molecule has 1 aromatic heterocycles. The molecule has 9 heteroatoms.